The third-order valence-corrected chi connectivity index (χ3v) is 4.30. The predicted octanol–water partition coefficient (Wildman–Crippen LogP) is 1.03. The Kier molecular flexibility index (Phi) is 3.60. The summed E-state index contributed by atoms with van der Waals surface area (Å²) >= 11 is 0. The molecule has 1 aliphatic carbocycles. The molecule has 3 N–H and O–H groups in total. The van der Waals surface area contributed by atoms with E-state index in [9.17, 15) is 0 Å². The number of nitrogens with one attached hydrogen (secondary N) is 1. The number of anilines is 3. The van der Waals surface area contributed by atoms with Gasteiger partial charge in [-0.1, -0.05) is 6.92 Å². The minimum absolute atomic E-state index is 0.149. The first kappa shape index (κ1) is 13.4. The van der Waals surface area contributed by atoms with Crippen molar-refractivity contribution in [3.05, 3.63) is 0 Å². The molecule has 110 valence electrons. The van der Waals surface area contributed by atoms with Crippen LogP contribution in [0, 0.1) is 0 Å². The number of hydrogen-bond donors (Lipinski definition) is 2. The molecule has 2 aliphatic rings. The van der Waals surface area contributed by atoms with E-state index in [1.54, 1.807) is 0 Å². The molecule has 1 aromatic rings. The van der Waals surface area contributed by atoms with E-state index in [-0.39, 0.29) is 11.5 Å². The van der Waals surface area contributed by atoms with E-state index in [1.807, 2.05) is 0 Å². The molecule has 20 heavy (non-hydrogen) atoms. The smallest absolute Gasteiger partial charge is 0.232 e. The number of nitrogen functional groups attached to an aromatic ring is 1. The van der Waals surface area contributed by atoms with Gasteiger partial charge in [0.2, 0.25) is 17.8 Å². The molecule has 0 radical (unpaired) electrons. The molecule has 1 aromatic heterocycles. The van der Waals surface area contributed by atoms with E-state index >= 15 is 0 Å². The molecular weight excluding hydrogens is 256 g/mol. The summed E-state index contributed by atoms with van der Waals surface area (Å²) in [4.78, 5) is 15.1. The monoisotopic (exact) mass is 278 g/mol. The van der Waals surface area contributed by atoms with E-state index in [1.165, 1.54) is 19.3 Å². The Labute approximate surface area is 118 Å². The third kappa shape index (κ3) is 2.63. The average molecular weight is 278 g/mol. The Hall–Kier alpha value is -1.63. The number of nitrogens with zero attached hydrogens (tertiary/aromatic N) is 4. The molecule has 2 fully saturated rings. The van der Waals surface area contributed by atoms with Gasteiger partial charge in [0.1, 0.15) is 0 Å². The van der Waals surface area contributed by atoms with Crippen LogP contribution in [-0.2, 0) is 4.74 Å². The average Bonchev–Trinajstić information content (AvgIpc) is 2.43. The minimum atomic E-state index is 0.149. The number of aromatic nitrogens is 3. The lowest BCUT2D eigenvalue weighted by atomic mass is 9.75. The van der Waals surface area contributed by atoms with Gasteiger partial charge in [0, 0.05) is 18.6 Å². The standard InChI is InChI=1S/C13H22N6O/c1-2-13(4-3-5-13)18-11-15-10(14)16-12(17-11)19-6-8-20-9-7-19/h2-9H2,1H3,(H3,14,15,16,17,18). The quantitative estimate of drug-likeness (QED) is 0.850. The molecule has 0 atom stereocenters. The largest absolute Gasteiger partial charge is 0.378 e. The molecule has 2 heterocycles. The molecule has 3 rings (SSSR count). The maximum Gasteiger partial charge on any atom is 0.232 e. The van der Waals surface area contributed by atoms with Gasteiger partial charge in [-0.15, -0.1) is 0 Å². The molecule has 0 spiro atoms. The maximum absolute atomic E-state index is 5.83. The summed E-state index contributed by atoms with van der Waals surface area (Å²) in [5, 5.41) is 3.46. The highest BCUT2D eigenvalue weighted by atomic mass is 16.5. The molecule has 0 amide bonds. The Morgan fingerprint density at radius 2 is 2.00 bits per heavy atom. The first-order chi connectivity index (χ1) is 9.71. The molecule has 1 saturated heterocycles. The Morgan fingerprint density at radius 3 is 2.60 bits per heavy atom. The van der Waals surface area contributed by atoms with Crippen LogP contribution in [0.5, 0.6) is 0 Å². The summed E-state index contributed by atoms with van der Waals surface area (Å²) in [7, 11) is 0. The summed E-state index contributed by atoms with van der Waals surface area (Å²) in [6.07, 6.45) is 4.67. The number of morpholine rings is 1. The zero-order valence-corrected chi connectivity index (χ0v) is 11.9. The van der Waals surface area contributed by atoms with Crippen LogP contribution >= 0.6 is 0 Å². The van der Waals surface area contributed by atoms with Crippen LogP contribution in [0.1, 0.15) is 32.6 Å². The van der Waals surface area contributed by atoms with Crippen molar-refractivity contribution < 1.29 is 4.74 Å². The number of hydrogen-bond acceptors (Lipinski definition) is 7. The fraction of sp³-hybridized carbons (Fsp3) is 0.769. The number of rotatable bonds is 4. The first-order valence-corrected chi connectivity index (χ1v) is 7.33. The molecule has 7 nitrogen and oxygen atoms in total. The van der Waals surface area contributed by atoms with Crippen molar-refractivity contribution in [2.24, 2.45) is 0 Å². The lowest BCUT2D eigenvalue weighted by Crippen LogP contribution is -2.45. The highest BCUT2D eigenvalue weighted by molar-refractivity contribution is 5.43. The summed E-state index contributed by atoms with van der Waals surface area (Å²) in [5.74, 6) is 1.52. The summed E-state index contributed by atoms with van der Waals surface area (Å²) < 4.78 is 5.35. The van der Waals surface area contributed by atoms with Crippen LogP contribution in [0.2, 0.25) is 0 Å². The van der Waals surface area contributed by atoms with E-state index < -0.39 is 0 Å². The first-order valence-electron chi connectivity index (χ1n) is 7.33. The molecule has 0 aromatic carbocycles. The number of nitrogens with two attached hydrogens (primary N) is 1. The Bertz CT molecular complexity index is 464. The normalized spacial score (nSPS) is 21.4. The number of ether oxygens (including phenoxy) is 1. The second kappa shape index (κ2) is 5.40. The summed E-state index contributed by atoms with van der Waals surface area (Å²) in [6, 6.07) is 0. The van der Waals surface area contributed by atoms with Crippen molar-refractivity contribution >= 4 is 17.8 Å². The second-order valence-electron chi connectivity index (χ2n) is 5.53. The van der Waals surface area contributed by atoms with Crippen LogP contribution < -0.4 is 16.0 Å². The van der Waals surface area contributed by atoms with E-state index in [0.29, 0.717) is 25.1 Å². The van der Waals surface area contributed by atoms with Crippen molar-refractivity contribution in [1.82, 2.24) is 15.0 Å². The van der Waals surface area contributed by atoms with Gasteiger partial charge in [-0.25, -0.2) is 0 Å². The van der Waals surface area contributed by atoms with Crippen LogP contribution in [-0.4, -0.2) is 46.8 Å². The lowest BCUT2D eigenvalue weighted by molar-refractivity contribution is 0.122. The molecule has 0 unspecified atom stereocenters. The van der Waals surface area contributed by atoms with Gasteiger partial charge in [-0.3, -0.25) is 0 Å². The van der Waals surface area contributed by atoms with Crippen molar-refractivity contribution in [3.63, 3.8) is 0 Å². The van der Waals surface area contributed by atoms with Crippen LogP contribution in [0.25, 0.3) is 0 Å². The topological polar surface area (TPSA) is 89.2 Å². The highest BCUT2D eigenvalue weighted by Crippen LogP contribution is 2.37. The van der Waals surface area contributed by atoms with E-state index in [2.05, 4.69) is 32.1 Å². The van der Waals surface area contributed by atoms with Gasteiger partial charge in [0.05, 0.1) is 13.2 Å². The van der Waals surface area contributed by atoms with Crippen molar-refractivity contribution in [3.8, 4) is 0 Å². The Morgan fingerprint density at radius 1 is 1.25 bits per heavy atom. The fourth-order valence-electron chi connectivity index (χ4n) is 2.75. The van der Waals surface area contributed by atoms with Gasteiger partial charge in [0.25, 0.3) is 0 Å². The summed E-state index contributed by atoms with van der Waals surface area (Å²) in [6.45, 7) is 5.18. The van der Waals surface area contributed by atoms with E-state index in [4.69, 9.17) is 10.5 Å². The highest BCUT2D eigenvalue weighted by Gasteiger charge is 2.35. The van der Waals surface area contributed by atoms with Crippen molar-refractivity contribution in [2.45, 2.75) is 38.1 Å². The zero-order chi connectivity index (χ0) is 14.0. The van der Waals surface area contributed by atoms with Crippen LogP contribution in [0.3, 0.4) is 0 Å². The third-order valence-electron chi connectivity index (χ3n) is 4.30. The van der Waals surface area contributed by atoms with E-state index in [0.717, 1.165) is 19.5 Å². The van der Waals surface area contributed by atoms with Crippen molar-refractivity contribution in [1.29, 1.82) is 0 Å². The molecule has 1 aliphatic heterocycles. The summed E-state index contributed by atoms with van der Waals surface area (Å²) in [5.41, 5.74) is 5.97. The SMILES string of the molecule is CCC1(Nc2nc(N)nc(N3CCOCC3)n2)CCC1. The zero-order valence-electron chi connectivity index (χ0n) is 11.9. The molecule has 7 heteroatoms. The van der Waals surface area contributed by atoms with Gasteiger partial charge in [0.15, 0.2) is 0 Å². The van der Waals surface area contributed by atoms with Gasteiger partial charge in [-0.05, 0) is 25.7 Å². The predicted molar refractivity (Wildman–Crippen MR) is 77.8 cm³/mol. The molecular formula is C13H22N6O. The van der Waals surface area contributed by atoms with Gasteiger partial charge in [-0.2, -0.15) is 15.0 Å². The van der Waals surface area contributed by atoms with Gasteiger partial charge >= 0.3 is 0 Å². The fourth-order valence-corrected chi connectivity index (χ4v) is 2.75. The van der Waals surface area contributed by atoms with Crippen LogP contribution in [0.4, 0.5) is 17.8 Å². The molecule has 1 saturated carbocycles. The van der Waals surface area contributed by atoms with Crippen LogP contribution in [0.15, 0.2) is 0 Å². The Balaban J connectivity index is 1.79. The minimum Gasteiger partial charge on any atom is -0.378 e. The lowest BCUT2D eigenvalue weighted by Gasteiger charge is -2.42. The second-order valence-corrected chi connectivity index (χ2v) is 5.53. The van der Waals surface area contributed by atoms with Crippen molar-refractivity contribution in [2.75, 3.05) is 42.3 Å². The maximum atomic E-state index is 5.83. The molecule has 0 bridgehead atoms. The van der Waals surface area contributed by atoms with Gasteiger partial charge < -0.3 is 20.7 Å².